The predicted octanol–water partition coefficient (Wildman–Crippen LogP) is 3.64. The second-order valence-corrected chi connectivity index (χ2v) is 8.67. The van der Waals surface area contributed by atoms with Crippen LogP contribution >= 0.6 is 15.9 Å². The molecule has 3 N–H and O–H groups in total. The molecular formula is C21H19BrO6. The summed E-state index contributed by atoms with van der Waals surface area (Å²) in [6.07, 6.45) is 0.986. The van der Waals surface area contributed by atoms with Crippen LogP contribution in [-0.4, -0.2) is 32.7 Å². The van der Waals surface area contributed by atoms with Crippen LogP contribution in [0.3, 0.4) is 0 Å². The molecule has 0 aromatic heterocycles. The minimum absolute atomic E-state index is 0.114. The number of carbonyl (C=O) groups is 3. The molecule has 0 amide bonds. The standard InChI is InChI=1S/C21H19BrO6/c1-7-12(22)5-10-3-9-4-11-6-13(24)14(8(2)23)19(26)17(11)21(28)16(9)20(27)15(10)18(7)25/h5,9,11,17,24-25,28H,3-4,6H2,1-2H3. The Bertz CT molecular complexity index is 1030. The average Bonchev–Trinajstić information content (AvgIpc) is 2.58. The van der Waals surface area contributed by atoms with Crippen molar-refractivity contribution in [2.75, 3.05) is 0 Å². The minimum Gasteiger partial charge on any atom is -0.511 e. The number of halogens is 1. The van der Waals surface area contributed by atoms with Gasteiger partial charge in [-0.2, -0.15) is 0 Å². The Labute approximate surface area is 169 Å². The van der Waals surface area contributed by atoms with Crippen LogP contribution in [0.15, 0.2) is 33.2 Å². The number of allylic oxidation sites excluding steroid dienone is 4. The molecule has 1 aromatic carbocycles. The van der Waals surface area contributed by atoms with Crippen LogP contribution in [0, 0.1) is 24.7 Å². The largest absolute Gasteiger partial charge is 0.511 e. The van der Waals surface area contributed by atoms with E-state index in [2.05, 4.69) is 15.9 Å². The fraction of sp³-hybridized carbons (Fsp3) is 0.381. The lowest BCUT2D eigenvalue weighted by Crippen LogP contribution is -2.42. The number of aliphatic hydroxyl groups is 2. The first-order valence-corrected chi connectivity index (χ1v) is 9.88. The third-order valence-corrected chi connectivity index (χ3v) is 7.00. The van der Waals surface area contributed by atoms with Gasteiger partial charge in [0.05, 0.1) is 17.1 Å². The smallest absolute Gasteiger partial charge is 0.196 e. The van der Waals surface area contributed by atoms with Gasteiger partial charge >= 0.3 is 0 Å². The molecule has 0 heterocycles. The Kier molecular flexibility index (Phi) is 4.26. The normalized spacial score (nSPS) is 26.8. The van der Waals surface area contributed by atoms with Crippen molar-refractivity contribution < 1.29 is 29.7 Å². The summed E-state index contributed by atoms with van der Waals surface area (Å²) in [4.78, 5) is 37.8. The summed E-state index contributed by atoms with van der Waals surface area (Å²) < 4.78 is 0.696. The zero-order valence-corrected chi connectivity index (χ0v) is 17.0. The topological polar surface area (TPSA) is 112 Å². The summed E-state index contributed by atoms with van der Waals surface area (Å²) in [6.45, 7) is 2.88. The van der Waals surface area contributed by atoms with Gasteiger partial charge in [-0.3, -0.25) is 14.4 Å². The number of phenolic OH excluding ortho intramolecular Hbond substituents is 1. The fourth-order valence-electron chi connectivity index (χ4n) is 4.87. The maximum Gasteiger partial charge on any atom is 0.196 e. The first-order chi connectivity index (χ1) is 13.1. The van der Waals surface area contributed by atoms with E-state index in [1.54, 1.807) is 13.0 Å². The molecule has 6 nitrogen and oxygen atoms in total. The molecule has 0 aliphatic heterocycles. The number of phenols is 1. The zero-order valence-electron chi connectivity index (χ0n) is 15.4. The minimum atomic E-state index is -1.01. The molecule has 28 heavy (non-hydrogen) atoms. The molecule has 0 bridgehead atoms. The number of carbonyl (C=O) groups excluding carboxylic acids is 3. The van der Waals surface area contributed by atoms with Crippen LogP contribution in [0.5, 0.6) is 5.75 Å². The number of hydrogen-bond acceptors (Lipinski definition) is 6. The number of ketones is 3. The Balaban J connectivity index is 1.86. The SMILES string of the molecule is CC(=O)C1=C(O)CC2CC3Cc4cc(Br)c(C)c(O)c4C(=O)C3=C(O)C2C1=O. The van der Waals surface area contributed by atoms with E-state index in [1.165, 1.54) is 6.92 Å². The van der Waals surface area contributed by atoms with Crippen LogP contribution in [-0.2, 0) is 16.0 Å². The zero-order chi connectivity index (χ0) is 20.5. The summed E-state index contributed by atoms with van der Waals surface area (Å²) in [5.74, 6) is -4.07. The molecule has 0 fully saturated rings. The highest BCUT2D eigenvalue weighted by Crippen LogP contribution is 2.50. The number of aliphatic hydroxyl groups excluding tert-OH is 2. The van der Waals surface area contributed by atoms with E-state index in [0.717, 1.165) is 0 Å². The Morgan fingerprint density at radius 2 is 1.86 bits per heavy atom. The molecule has 0 spiro atoms. The van der Waals surface area contributed by atoms with E-state index in [-0.39, 0.29) is 52.2 Å². The number of fused-ring (bicyclic) bond motifs is 3. The number of aromatic hydroxyl groups is 1. The van der Waals surface area contributed by atoms with Crippen molar-refractivity contribution in [1.29, 1.82) is 0 Å². The molecule has 0 radical (unpaired) electrons. The average molecular weight is 447 g/mol. The van der Waals surface area contributed by atoms with E-state index in [0.29, 0.717) is 28.4 Å². The van der Waals surface area contributed by atoms with Crippen LogP contribution in [0.4, 0.5) is 0 Å². The maximum absolute atomic E-state index is 13.2. The van der Waals surface area contributed by atoms with Crippen molar-refractivity contribution in [3.05, 3.63) is 49.9 Å². The van der Waals surface area contributed by atoms with E-state index in [9.17, 15) is 29.7 Å². The van der Waals surface area contributed by atoms with Crippen molar-refractivity contribution >= 4 is 33.3 Å². The quantitative estimate of drug-likeness (QED) is 0.567. The highest BCUT2D eigenvalue weighted by atomic mass is 79.9. The third kappa shape index (κ3) is 2.49. The summed E-state index contributed by atoms with van der Waals surface area (Å²) in [7, 11) is 0. The summed E-state index contributed by atoms with van der Waals surface area (Å²) in [5, 5.41) is 31.6. The van der Waals surface area contributed by atoms with Crippen LogP contribution in [0.1, 0.15) is 41.3 Å². The van der Waals surface area contributed by atoms with Crippen LogP contribution < -0.4 is 0 Å². The van der Waals surface area contributed by atoms with Gasteiger partial charge in [-0.05, 0) is 50.2 Å². The molecule has 0 saturated heterocycles. The van der Waals surface area contributed by atoms with Gasteiger partial charge in [0.25, 0.3) is 0 Å². The van der Waals surface area contributed by atoms with E-state index in [1.807, 2.05) is 0 Å². The highest BCUT2D eigenvalue weighted by Gasteiger charge is 2.50. The first-order valence-electron chi connectivity index (χ1n) is 9.09. The summed E-state index contributed by atoms with van der Waals surface area (Å²) in [6, 6.07) is 1.81. The Morgan fingerprint density at radius 1 is 1.18 bits per heavy atom. The summed E-state index contributed by atoms with van der Waals surface area (Å²) in [5.41, 5.74) is 1.22. The second kappa shape index (κ2) is 6.30. The fourth-order valence-corrected chi connectivity index (χ4v) is 5.34. The molecule has 0 saturated carbocycles. The van der Waals surface area contributed by atoms with Crippen molar-refractivity contribution in [2.24, 2.45) is 17.8 Å². The molecule has 3 aliphatic carbocycles. The molecule has 4 rings (SSSR count). The third-order valence-electron chi connectivity index (χ3n) is 6.17. The van der Waals surface area contributed by atoms with Crippen molar-refractivity contribution in [3.63, 3.8) is 0 Å². The molecule has 7 heteroatoms. The molecular weight excluding hydrogens is 428 g/mol. The second-order valence-electron chi connectivity index (χ2n) is 7.81. The maximum atomic E-state index is 13.2. The van der Waals surface area contributed by atoms with Gasteiger partial charge in [-0.15, -0.1) is 0 Å². The van der Waals surface area contributed by atoms with Crippen LogP contribution in [0.2, 0.25) is 0 Å². The van der Waals surface area contributed by atoms with E-state index in [4.69, 9.17) is 0 Å². The number of hydrogen-bond donors (Lipinski definition) is 3. The highest BCUT2D eigenvalue weighted by molar-refractivity contribution is 9.10. The Hall–Kier alpha value is -2.41. The van der Waals surface area contributed by atoms with Gasteiger partial charge in [0.15, 0.2) is 17.3 Å². The lowest BCUT2D eigenvalue weighted by Gasteiger charge is -2.40. The van der Waals surface area contributed by atoms with Gasteiger partial charge in [0.1, 0.15) is 17.3 Å². The molecule has 3 unspecified atom stereocenters. The molecule has 146 valence electrons. The number of benzene rings is 1. The molecule has 3 aliphatic rings. The van der Waals surface area contributed by atoms with Crippen molar-refractivity contribution in [3.8, 4) is 5.75 Å². The number of Topliss-reactive ketones (excluding diaryl/α,β-unsaturated/α-hetero) is 3. The lowest BCUT2D eigenvalue weighted by atomic mass is 9.62. The van der Waals surface area contributed by atoms with Gasteiger partial charge in [0.2, 0.25) is 0 Å². The predicted molar refractivity (Wildman–Crippen MR) is 103 cm³/mol. The molecule has 3 atom stereocenters. The van der Waals surface area contributed by atoms with Crippen molar-refractivity contribution in [2.45, 2.75) is 33.1 Å². The Morgan fingerprint density at radius 3 is 2.50 bits per heavy atom. The monoisotopic (exact) mass is 446 g/mol. The van der Waals surface area contributed by atoms with Gasteiger partial charge in [0, 0.05) is 22.0 Å². The lowest BCUT2D eigenvalue weighted by molar-refractivity contribution is -0.125. The van der Waals surface area contributed by atoms with Gasteiger partial charge in [-0.25, -0.2) is 0 Å². The van der Waals surface area contributed by atoms with Crippen molar-refractivity contribution in [1.82, 2.24) is 0 Å². The van der Waals surface area contributed by atoms with E-state index < -0.39 is 23.3 Å². The van der Waals surface area contributed by atoms with Crippen LogP contribution in [0.25, 0.3) is 0 Å². The van der Waals surface area contributed by atoms with Gasteiger partial charge in [-0.1, -0.05) is 15.9 Å². The van der Waals surface area contributed by atoms with Gasteiger partial charge < -0.3 is 15.3 Å². The summed E-state index contributed by atoms with van der Waals surface area (Å²) >= 11 is 3.39. The van der Waals surface area contributed by atoms with E-state index >= 15 is 0 Å². The molecule has 1 aromatic rings. The first kappa shape index (κ1) is 18.9. The number of rotatable bonds is 1.